The summed E-state index contributed by atoms with van der Waals surface area (Å²) in [5, 5.41) is 30.3. The van der Waals surface area contributed by atoms with Crippen LogP contribution >= 0.6 is 0 Å². The van der Waals surface area contributed by atoms with Crippen LogP contribution in [0, 0.1) is 0 Å². The fraction of sp³-hybridized carbons (Fsp3) is 0.909. The standard InChI is InChI=1S/C33H62O7/c1-3-4-5-6-7-8-11-15-21-31(35)26-38-23-24-39-27-32(36)22-17-16-20-30(34)19-14-12-9-10-13-18-29-25-28(2)40-33(29)37/h25,28,30-32,34-36H,3-24,26-27H2,1-2H3/t28-,30?,31-,32-/m0/s1. The summed E-state index contributed by atoms with van der Waals surface area (Å²) >= 11 is 0. The normalized spacial score (nSPS) is 17.6. The first-order chi connectivity index (χ1) is 19.4. The van der Waals surface area contributed by atoms with Crippen molar-refractivity contribution in [3.8, 4) is 0 Å². The van der Waals surface area contributed by atoms with Crippen molar-refractivity contribution < 1.29 is 34.3 Å². The predicted octanol–water partition coefficient (Wildman–Crippen LogP) is 6.80. The molecule has 0 bridgehead atoms. The highest BCUT2D eigenvalue weighted by Gasteiger charge is 2.21. The Bertz CT molecular complexity index is 624. The minimum Gasteiger partial charge on any atom is -0.455 e. The highest BCUT2D eigenvalue weighted by atomic mass is 16.5. The fourth-order valence-corrected chi connectivity index (χ4v) is 5.18. The molecule has 7 nitrogen and oxygen atoms in total. The van der Waals surface area contributed by atoms with Crippen LogP contribution in [0.4, 0.5) is 0 Å². The van der Waals surface area contributed by atoms with E-state index in [1.165, 1.54) is 44.9 Å². The summed E-state index contributed by atoms with van der Waals surface area (Å²) in [6, 6.07) is 0. The number of carbonyl (C=O) groups excluding carboxylic acids is 1. The van der Waals surface area contributed by atoms with Gasteiger partial charge in [0.2, 0.25) is 0 Å². The van der Waals surface area contributed by atoms with Gasteiger partial charge in [-0.15, -0.1) is 0 Å². The quantitative estimate of drug-likeness (QED) is 0.0671. The molecule has 1 heterocycles. The maximum absolute atomic E-state index is 11.6. The Morgan fingerprint density at radius 2 is 1.10 bits per heavy atom. The van der Waals surface area contributed by atoms with E-state index in [-0.39, 0.29) is 18.2 Å². The lowest BCUT2D eigenvalue weighted by molar-refractivity contribution is -0.139. The summed E-state index contributed by atoms with van der Waals surface area (Å²) < 4.78 is 16.1. The smallest absolute Gasteiger partial charge is 0.334 e. The molecule has 0 aromatic rings. The molecule has 3 N–H and O–H groups in total. The minimum atomic E-state index is -0.491. The van der Waals surface area contributed by atoms with Crippen molar-refractivity contribution in [1.82, 2.24) is 0 Å². The molecule has 0 aliphatic carbocycles. The second kappa shape index (κ2) is 25.7. The van der Waals surface area contributed by atoms with Gasteiger partial charge in [0.25, 0.3) is 0 Å². The number of rotatable bonds is 29. The van der Waals surface area contributed by atoms with Crippen LogP contribution < -0.4 is 0 Å². The van der Waals surface area contributed by atoms with E-state index in [0.717, 1.165) is 82.6 Å². The van der Waals surface area contributed by atoms with Gasteiger partial charge in [-0.3, -0.25) is 0 Å². The SMILES string of the molecule is CCCCCCCCCC[C@H](O)COCCOC[C@@H](O)CCCCC(O)CCCCCCCC1=C[C@H](C)OC1=O. The molecular formula is C33H62O7. The highest BCUT2D eigenvalue weighted by Crippen LogP contribution is 2.20. The van der Waals surface area contributed by atoms with Crippen molar-refractivity contribution in [2.75, 3.05) is 26.4 Å². The van der Waals surface area contributed by atoms with Gasteiger partial charge in [-0.25, -0.2) is 4.79 Å². The van der Waals surface area contributed by atoms with Gasteiger partial charge in [0.1, 0.15) is 6.10 Å². The van der Waals surface area contributed by atoms with Crippen LogP contribution in [-0.4, -0.2) is 72.1 Å². The van der Waals surface area contributed by atoms with E-state index in [1.54, 1.807) is 0 Å². The van der Waals surface area contributed by atoms with Gasteiger partial charge in [-0.1, -0.05) is 96.8 Å². The van der Waals surface area contributed by atoms with E-state index >= 15 is 0 Å². The molecule has 0 amide bonds. The molecule has 0 spiro atoms. The van der Waals surface area contributed by atoms with E-state index < -0.39 is 12.2 Å². The van der Waals surface area contributed by atoms with Crippen molar-refractivity contribution in [3.05, 3.63) is 11.6 Å². The zero-order valence-corrected chi connectivity index (χ0v) is 25.8. The lowest BCUT2D eigenvalue weighted by Crippen LogP contribution is -2.20. The molecule has 0 radical (unpaired) electrons. The van der Waals surface area contributed by atoms with E-state index in [9.17, 15) is 20.1 Å². The van der Waals surface area contributed by atoms with Crippen LogP contribution in [0.15, 0.2) is 11.6 Å². The summed E-state index contributed by atoms with van der Waals surface area (Å²) in [6.07, 6.45) is 21.8. The van der Waals surface area contributed by atoms with E-state index in [4.69, 9.17) is 14.2 Å². The zero-order chi connectivity index (χ0) is 29.3. The minimum absolute atomic E-state index is 0.0777. The summed E-state index contributed by atoms with van der Waals surface area (Å²) in [7, 11) is 0. The van der Waals surface area contributed by atoms with Crippen molar-refractivity contribution >= 4 is 5.97 Å². The third-order valence-corrected chi connectivity index (χ3v) is 7.68. The van der Waals surface area contributed by atoms with E-state index in [2.05, 4.69) is 6.92 Å². The molecule has 1 aliphatic heterocycles. The number of ether oxygens (including phenoxy) is 3. The third-order valence-electron chi connectivity index (χ3n) is 7.68. The molecule has 0 fully saturated rings. The Morgan fingerprint density at radius 1 is 0.675 bits per heavy atom. The first kappa shape index (κ1) is 37.0. The number of esters is 1. The molecule has 0 saturated heterocycles. The van der Waals surface area contributed by atoms with Crippen molar-refractivity contribution in [2.45, 2.75) is 167 Å². The van der Waals surface area contributed by atoms with Gasteiger partial charge in [0.05, 0.1) is 44.7 Å². The third kappa shape index (κ3) is 21.7. The summed E-state index contributed by atoms with van der Waals surface area (Å²) in [5.41, 5.74) is 0.823. The number of hydrogen-bond acceptors (Lipinski definition) is 7. The lowest BCUT2D eigenvalue weighted by Gasteiger charge is -2.14. The largest absolute Gasteiger partial charge is 0.455 e. The molecule has 1 rings (SSSR count). The Labute approximate surface area is 245 Å². The lowest BCUT2D eigenvalue weighted by atomic mass is 10.0. The monoisotopic (exact) mass is 570 g/mol. The van der Waals surface area contributed by atoms with Gasteiger partial charge in [0, 0.05) is 5.57 Å². The van der Waals surface area contributed by atoms with Gasteiger partial charge in [-0.2, -0.15) is 0 Å². The van der Waals surface area contributed by atoms with Crippen LogP contribution in [0.1, 0.15) is 142 Å². The number of carbonyl (C=O) groups is 1. The van der Waals surface area contributed by atoms with Gasteiger partial charge in [-0.05, 0) is 51.5 Å². The second-order valence-corrected chi connectivity index (χ2v) is 11.8. The molecular weight excluding hydrogens is 508 g/mol. The number of hydrogen-bond donors (Lipinski definition) is 3. The number of cyclic esters (lactones) is 1. The maximum atomic E-state index is 11.6. The Morgan fingerprint density at radius 3 is 1.57 bits per heavy atom. The summed E-state index contributed by atoms with van der Waals surface area (Å²) in [4.78, 5) is 11.6. The molecule has 0 aromatic heterocycles. The molecule has 0 aromatic carbocycles. The van der Waals surface area contributed by atoms with Crippen molar-refractivity contribution in [1.29, 1.82) is 0 Å². The van der Waals surface area contributed by atoms with Crippen LogP contribution in [0.25, 0.3) is 0 Å². The van der Waals surface area contributed by atoms with E-state index in [0.29, 0.717) is 32.8 Å². The average Bonchev–Trinajstić information content (AvgIpc) is 3.25. The van der Waals surface area contributed by atoms with Crippen molar-refractivity contribution in [2.24, 2.45) is 0 Å². The van der Waals surface area contributed by atoms with Crippen LogP contribution in [0.2, 0.25) is 0 Å². The molecule has 236 valence electrons. The Kier molecular flexibility index (Phi) is 23.8. The topological polar surface area (TPSA) is 105 Å². The molecule has 40 heavy (non-hydrogen) atoms. The Hall–Kier alpha value is -0.990. The first-order valence-corrected chi connectivity index (χ1v) is 16.5. The molecule has 0 saturated carbocycles. The molecule has 7 heteroatoms. The fourth-order valence-electron chi connectivity index (χ4n) is 5.18. The van der Waals surface area contributed by atoms with E-state index in [1.807, 2.05) is 13.0 Å². The number of unbranched alkanes of at least 4 members (excludes halogenated alkanes) is 12. The zero-order valence-electron chi connectivity index (χ0n) is 25.8. The first-order valence-electron chi connectivity index (χ1n) is 16.5. The van der Waals surface area contributed by atoms with Gasteiger partial charge in [0.15, 0.2) is 0 Å². The van der Waals surface area contributed by atoms with Crippen molar-refractivity contribution in [3.63, 3.8) is 0 Å². The highest BCUT2D eigenvalue weighted by molar-refractivity contribution is 5.90. The van der Waals surface area contributed by atoms with Crippen LogP contribution in [-0.2, 0) is 19.0 Å². The summed E-state index contributed by atoms with van der Waals surface area (Å²) in [5.74, 6) is -0.156. The Balaban J connectivity index is 1.82. The van der Waals surface area contributed by atoms with Gasteiger partial charge >= 0.3 is 5.97 Å². The number of aliphatic hydroxyl groups excluding tert-OH is 3. The second-order valence-electron chi connectivity index (χ2n) is 11.8. The summed E-state index contributed by atoms with van der Waals surface area (Å²) in [6.45, 7) is 5.62. The number of aliphatic hydroxyl groups is 3. The molecule has 1 unspecified atom stereocenters. The molecule has 4 atom stereocenters. The van der Waals surface area contributed by atoms with Crippen LogP contribution in [0.5, 0.6) is 0 Å². The molecule has 1 aliphatic rings. The maximum Gasteiger partial charge on any atom is 0.334 e. The van der Waals surface area contributed by atoms with Crippen LogP contribution in [0.3, 0.4) is 0 Å². The average molecular weight is 571 g/mol. The van der Waals surface area contributed by atoms with Gasteiger partial charge < -0.3 is 29.5 Å². The predicted molar refractivity (Wildman–Crippen MR) is 161 cm³/mol.